The summed E-state index contributed by atoms with van der Waals surface area (Å²) < 4.78 is 2.02. The molecule has 0 aliphatic rings. The fourth-order valence-corrected chi connectivity index (χ4v) is 2.59. The van der Waals surface area contributed by atoms with Gasteiger partial charge in [0.2, 0.25) is 0 Å². The second-order valence-electron chi connectivity index (χ2n) is 4.74. The van der Waals surface area contributed by atoms with E-state index in [4.69, 9.17) is 28.9 Å². The number of halogens is 2. The fourth-order valence-electron chi connectivity index (χ4n) is 2.22. The molecule has 0 saturated carbocycles. The summed E-state index contributed by atoms with van der Waals surface area (Å²) in [7, 11) is 0. The largest absolute Gasteiger partial charge is 0.399 e. The molecule has 5 heteroatoms. The molecule has 0 bridgehead atoms. The van der Waals surface area contributed by atoms with Crippen molar-refractivity contribution in [3.63, 3.8) is 0 Å². The lowest BCUT2D eigenvalue weighted by molar-refractivity contribution is 0.807. The molecule has 0 spiro atoms. The molecule has 0 aliphatic heterocycles. The molecule has 0 aliphatic carbocycles. The molecule has 0 saturated heterocycles. The summed E-state index contributed by atoms with van der Waals surface area (Å²) in [5.74, 6) is 0.846. The smallest absolute Gasteiger partial charge is 0.140 e. The van der Waals surface area contributed by atoms with Gasteiger partial charge in [-0.25, -0.2) is 4.98 Å². The highest BCUT2D eigenvalue weighted by atomic mass is 35.5. The van der Waals surface area contributed by atoms with Gasteiger partial charge in [-0.2, -0.15) is 0 Å². The molecular weight excluding hydrogens is 305 g/mol. The van der Waals surface area contributed by atoms with Crippen molar-refractivity contribution < 1.29 is 0 Å². The van der Waals surface area contributed by atoms with E-state index in [0.29, 0.717) is 22.3 Å². The number of rotatable bonds is 3. The Hall–Kier alpha value is -1.97. The van der Waals surface area contributed by atoms with E-state index in [-0.39, 0.29) is 0 Å². The van der Waals surface area contributed by atoms with Crippen LogP contribution in [0.2, 0.25) is 10.0 Å². The van der Waals surface area contributed by atoms with Crippen molar-refractivity contribution in [2.45, 2.75) is 6.54 Å². The summed E-state index contributed by atoms with van der Waals surface area (Å²) in [5.41, 5.74) is 8.47. The van der Waals surface area contributed by atoms with E-state index in [0.717, 1.165) is 17.0 Å². The van der Waals surface area contributed by atoms with Crippen LogP contribution in [0.5, 0.6) is 0 Å². The number of nitrogens with zero attached hydrogens (tertiary/aromatic N) is 2. The predicted octanol–water partition coefficient (Wildman–Crippen LogP) is 4.49. The lowest BCUT2D eigenvalue weighted by Crippen LogP contribution is -2.02. The average molecular weight is 318 g/mol. The first kappa shape index (κ1) is 14.0. The van der Waals surface area contributed by atoms with Crippen LogP contribution in [0, 0.1) is 0 Å². The topological polar surface area (TPSA) is 43.8 Å². The third-order valence-corrected chi connectivity index (χ3v) is 3.81. The van der Waals surface area contributed by atoms with Crippen LogP contribution in [0.4, 0.5) is 5.69 Å². The lowest BCUT2D eigenvalue weighted by atomic mass is 10.1. The number of nitrogens with two attached hydrogens (primary N) is 1. The molecule has 1 aromatic heterocycles. The molecule has 0 fully saturated rings. The number of anilines is 1. The maximum atomic E-state index is 6.22. The van der Waals surface area contributed by atoms with Crippen LogP contribution in [0.25, 0.3) is 11.4 Å². The van der Waals surface area contributed by atoms with Crippen molar-refractivity contribution in [1.82, 2.24) is 9.55 Å². The first-order valence-electron chi connectivity index (χ1n) is 6.44. The summed E-state index contributed by atoms with van der Waals surface area (Å²) in [4.78, 5) is 4.41. The third kappa shape index (κ3) is 3.04. The quantitative estimate of drug-likeness (QED) is 0.723. The van der Waals surface area contributed by atoms with Gasteiger partial charge in [0.15, 0.2) is 0 Å². The first-order valence-corrected chi connectivity index (χ1v) is 7.20. The van der Waals surface area contributed by atoms with Crippen molar-refractivity contribution in [2.75, 3.05) is 5.73 Å². The van der Waals surface area contributed by atoms with E-state index >= 15 is 0 Å². The lowest BCUT2D eigenvalue weighted by Gasteiger charge is -2.10. The zero-order valence-corrected chi connectivity index (χ0v) is 12.6. The Bertz CT molecular complexity index is 781. The van der Waals surface area contributed by atoms with E-state index in [9.17, 15) is 0 Å². The zero-order chi connectivity index (χ0) is 14.8. The molecule has 0 atom stereocenters. The summed E-state index contributed by atoms with van der Waals surface area (Å²) >= 11 is 12.3. The molecule has 2 N–H and O–H groups in total. The Morgan fingerprint density at radius 1 is 1.10 bits per heavy atom. The molecule has 2 aromatic carbocycles. The Morgan fingerprint density at radius 3 is 2.76 bits per heavy atom. The van der Waals surface area contributed by atoms with Crippen LogP contribution in [0.3, 0.4) is 0 Å². The van der Waals surface area contributed by atoms with Crippen LogP contribution in [0.15, 0.2) is 54.9 Å². The number of aromatic nitrogens is 2. The second-order valence-corrected chi connectivity index (χ2v) is 5.58. The first-order chi connectivity index (χ1) is 10.1. The van der Waals surface area contributed by atoms with Gasteiger partial charge in [-0.15, -0.1) is 0 Å². The number of benzene rings is 2. The van der Waals surface area contributed by atoms with Crippen LogP contribution in [-0.4, -0.2) is 9.55 Å². The van der Waals surface area contributed by atoms with Crippen LogP contribution in [0.1, 0.15) is 5.56 Å². The van der Waals surface area contributed by atoms with Crippen molar-refractivity contribution in [3.8, 4) is 11.4 Å². The molecule has 3 nitrogen and oxygen atoms in total. The second kappa shape index (κ2) is 5.80. The maximum Gasteiger partial charge on any atom is 0.140 e. The minimum absolute atomic E-state index is 0.601. The zero-order valence-electron chi connectivity index (χ0n) is 11.1. The molecule has 0 unspecified atom stereocenters. The summed E-state index contributed by atoms with van der Waals surface area (Å²) in [6.07, 6.45) is 3.67. The number of hydrogen-bond acceptors (Lipinski definition) is 2. The summed E-state index contributed by atoms with van der Waals surface area (Å²) in [6.45, 7) is 0.601. The normalized spacial score (nSPS) is 10.8. The van der Waals surface area contributed by atoms with Crippen molar-refractivity contribution in [3.05, 3.63) is 70.5 Å². The third-order valence-electron chi connectivity index (χ3n) is 3.21. The number of imidazole rings is 1. The summed E-state index contributed by atoms with van der Waals surface area (Å²) in [5, 5.41) is 1.35. The van der Waals surface area contributed by atoms with Gasteiger partial charge in [-0.05, 0) is 35.9 Å². The van der Waals surface area contributed by atoms with Crippen molar-refractivity contribution in [1.29, 1.82) is 0 Å². The Kier molecular flexibility index (Phi) is 3.86. The molecule has 21 heavy (non-hydrogen) atoms. The Morgan fingerprint density at radius 2 is 1.95 bits per heavy atom. The highest BCUT2D eigenvalue weighted by Gasteiger charge is 2.09. The maximum absolute atomic E-state index is 6.22. The van der Waals surface area contributed by atoms with Gasteiger partial charge in [0, 0.05) is 33.7 Å². The van der Waals surface area contributed by atoms with Gasteiger partial charge in [0.25, 0.3) is 0 Å². The monoisotopic (exact) mass is 317 g/mol. The van der Waals surface area contributed by atoms with E-state index < -0.39 is 0 Å². The summed E-state index contributed by atoms with van der Waals surface area (Å²) in [6, 6.07) is 13.1. The molecule has 0 amide bonds. The van der Waals surface area contributed by atoms with Crippen LogP contribution < -0.4 is 5.73 Å². The highest BCUT2D eigenvalue weighted by molar-refractivity contribution is 6.33. The number of hydrogen-bond donors (Lipinski definition) is 1. The van der Waals surface area contributed by atoms with Gasteiger partial charge in [-0.3, -0.25) is 0 Å². The Labute approximate surface area is 132 Å². The highest BCUT2D eigenvalue weighted by Crippen LogP contribution is 2.25. The van der Waals surface area contributed by atoms with E-state index in [2.05, 4.69) is 4.98 Å². The van der Waals surface area contributed by atoms with Gasteiger partial charge in [-0.1, -0.05) is 35.3 Å². The predicted molar refractivity (Wildman–Crippen MR) is 87.6 cm³/mol. The van der Waals surface area contributed by atoms with E-state index in [1.165, 1.54) is 0 Å². The van der Waals surface area contributed by atoms with Gasteiger partial charge < -0.3 is 10.3 Å². The van der Waals surface area contributed by atoms with Gasteiger partial charge >= 0.3 is 0 Å². The molecule has 1 heterocycles. The molecule has 3 aromatic rings. The SMILES string of the molecule is Nc1cccc(-c2nccn2Cc2cc(Cl)ccc2Cl)c1. The van der Waals surface area contributed by atoms with E-state index in [1.54, 1.807) is 18.3 Å². The number of nitrogen functional groups attached to an aromatic ring is 1. The minimum atomic E-state index is 0.601. The fraction of sp³-hybridized carbons (Fsp3) is 0.0625. The van der Waals surface area contributed by atoms with Gasteiger partial charge in [0.1, 0.15) is 5.82 Å². The van der Waals surface area contributed by atoms with Crippen molar-refractivity contribution >= 4 is 28.9 Å². The van der Waals surface area contributed by atoms with E-state index in [1.807, 2.05) is 41.1 Å². The average Bonchev–Trinajstić information content (AvgIpc) is 2.91. The minimum Gasteiger partial charge on any atom is -0.399 e. The molecular formula is C16H13Cl2N3. The van der Waals surface area contributed by atoms with Gasteiger partial charge in [0.05, 0.1) is 6.54 Å². The van der Waals surface area contributed by atoms with Crippen LogP contribution in [-0.2, 0) is 6.54 Å². The van der Waals surface area contributed by atoms with Crippen molar-refractivity contribution in [2.24, 2.45) is 0 Å². The molecule has 0 radical (unpaired) electrons. The Balaban J connectivity index is 1.98. The molecule has 106 valence electrons. The van der Waals surface area contributed by atoms with Crippen LogP contribution >= 0.6 is 23.2 Å². The molecule has 3 rings (SSSR count). The standard InChI is InChI=1S/C16H13Cl2N3/c17-13-4-5-15(18)12(8-13)10-21-7-6-20-16(21)11-2-1-3-14(19)9-11/h1-9H,10,19H2.